The molecule has 2 aromatic heterocycles. The summed E-state index contributed by atoms with van der Waals surface area (Å²) in [5, 5.41) is 13.2. The number of aryl methyl sites for hydroxylation is 2. The van der Waals surface area contributed by atoms with Gasteiger partial charge in [-0.05, 0) is 25.5 Å². The van der Waals surface area contributed by atoms with Crippen molar-refractivity contribution in [2.24, 2.45) is 0 Å². The Bertz CT molecular complexity index is 1150. The first-order valence-electron chi connectivity index (χ1n) is 7.90. The monoisotopic (exact) mass is 406 g/mol. The second-order valence-corrected chi connectivity index (χ2v) is 7.41. The van der Waals surface area contributed by atoms with Crippen LogP contribution < -0.4 is 10.9 Å². The molecule has 9 heteroatoms. The van der Waals surface area contributed by atoms with E-state index in [-0.39, 0.29) is 34.1 Å². The van der Waals surface area contributed by atoms with Crippen molar-refractivity contribution in [1.29, 1.82) is 0 Å². The van der Waals surface area contributed by atoms with Gasteiger partial charge in [-0.2, -0.15) is 0 Å². The number of Topliss-reactive ketones (excluding diaryl/α,β-unsaturated/α-hetero) is 1. The van der Waals surface area contributed by atoms with E-state index in [4.69, 9.17) is 16.0 Å². The number of phenols is 1. The van der Waals surface area contributed by atoms with Crippen LogP contribution in [0.5, 0.6) is 5.75 Å². The van der Waals surface area contributed by atoms with Crippen LogP contribution in [0, 0.1) is 13.8 Å². The number of ketones is 1. The third-order valence-electron chi connectivity index (χ3n) is 4.05. The van der Waals surface area contributed by atoms with E-state index in [1.807, 2.05) is 0 Å². The Balaban J connectivity index is 1.91. The molecule has 0 saturated heterocycles. The quantitative estimate of drug-likeness (QED) is 0.506. The van der Waals surface area contributed by atoms with Crippen LogP contribution >= 0.6 is 22.9 Å². The van der Waals surface area contributed by atoms with Gasteiger partial charge in [0.1, 0.15) is 11.3 Å². The zero-order chi connectivity index (χ0) is 19.9. The van der Waals surface area contributed by atoms with Crippen molar-refractivity contribution in [3.63, 3.8) is 0 Å². The molecular weight excluding hydrogens is 392 g/mol. The predicted molar refractivity (Wildman–Crippen MR) is 103 cm³/mol. The van der Waals surface area contributed by atoms with Crippen molar-refractivity contribution in [2.75, 3.05) is 5.32 Å². The largest absolute Gasteiger partial charge is 0.506 e. The predicted octanol–water partition coefficient (Wildman–Crippen LogP) is 3.61. The molecule has 0 aliphatic carbocycles. The van der Waals surface area contributed by atoms with Gasteiger partial charge in [-0.3, -0.25) is 9.59 Å². The lowest BCUT2D eigenvalue weighted by molar-refractivity contribution is -0.115. The van der Waals surface area contributed by atoms with Crippen LogP contribution in [0.1, 0.15) is 33.4 Å². The van der Waals surface area contributed by atoms with E-state index in [9.17, 15) is 19.5 Å². The zero-order valence-electron chi connectivity index (χ0n) is 14.7. The minimum atomic E-state index is -0.670. The lowest BCUT2D eigenvalue weighted by Crippen LogP contribution is -2.20. The number of amides is 1. The van der Waals surface area contributed by atoms with E-state index in [1.165, 1.54) is 19.1 Å². The van der Waals surface area contributed by atoms with Gasteiger partial charge in [-0.1, -0.05) is 22.9 Å². The lowest BCUT2D eigenvalue weighted by Gasteiger charge is -2.08. The third kappa shape index (κ3) is 3.72. The van der Waals surface area contributed by atoms with E-state index in [2.05, 4.69) is 10.3 Å². The number of phenolic OH excluding ortho intramolecular Hbond substituents is 1. The molecule has 3 rings (SSSR count). The van der Waals surface area contributed by atoms with Crippen LogP contribution in [0.4, 0.5) is 5.13 Å². The second kappa shape index (κ2) is 7.13. The number of aromatic hydroxyl groups is 1. The Hall–Kier alpha value is -2.71. The minimum absolute atomic E-state index is 0.116. The van der Waals surface area contributed by atoms with Gasteiger partial charge in [0.2, 0.25) is 5.91 Å². The average Bonchev–Trinajstić information content (AvgIpc) is 2.94. The molecule has 0 saturated carbocycles. The van der Waals surface area contributed by atoms with Gasteiger partial charge in [0, 0.05) is 18.4 Å². The summed E-state index contributed by atoms with van der Waals surface area (Å²) in [6.07, 6.45) is -0.226. The molecule has 1 amide bonds. The number of thiazole rings is 1. The molecule has 7 nitrogen and oxygen atoms in total. The summed E-state index contributed by atoms with van der Waals surface area (Å²) in [6.45, 7) is 4.79. The summed E-state index contributed by atoms with van der Waals surface area (Å²) in [5.74, 6) is -0.784. The number of hydrogen-bond donors (Lipinski definition) is 2. The Kier molecular flexibility index (Phi) is 5.03. The molecular formula is C18H15ClN2O5S. The molecule has 0 bridgehead atoms. The summed E-state index contributed by atoms with van der Waals surface area (Å²) >= 11 is 7.01. The van der Waals surface area contributed by atoms with E-state index in [1.54, 1.807) is 13.8 Å². The maximum atomic E-state index is 12.4. The number of carbonyl (C=O) groups excluding carboxylic acids is 2. The van der Waals surface area contributed by atoms with Crippen molar-refractivity contribution in [3.05, 3.63) is 49.3 Å². The number of anilines is 1. The molecule has 0 unspecified atom stereocenters. The fourth-order valence-electron chi connectivity index (χ4n) is 2.70. The van der Waals surface area contributed by atoms with Gasteiger partial charge in [0.25, 0.3) is 0 Å². The Morgan fingerprint density at radius 1 is 1.33 bits per heavy atom. The number of carbonyl (C=O) groups is 2. The Labute approximate surface area is 162 Å². The second-order valence-electron chi connectivity index (χ2n) is 6.01. The summed E-state index contributed by atoms with van der Waals surface area (Å²) < 4.78 is 5.20. The van der Waals surface area contributed by atoms with Crippen LogP contribution in [-0.4, -0.2) is 21.8 Å². The molecule has 1 aromatic carbocycles. The maximum absolute atomic E-state index is 12.4. The van der Waals surface area contributed by atoms with E-state index >= 15 is 0 Å². The molecule has 27 heavy (non-hydrogen) atoms. The van der Waals surface area contributed by atoms with Crippen LogP contribution in [0.15, 0.2) is 21.3 Å². The normalized spacial score (nSPS) is 11.0. The van der Waals surface area contributed by atoms with Crippen molar-refractivity contribution >= 4 is 50.7 Å². The molecule has 0 atom stereocenters. The highest BCUT2D eigenvalue weighted by molar-refractivity contribution is 7.17. The summed E-state index contributed by atoms with van der Waals surface area (Å²) in [7, 11) is 0. The smallest absolute Gasteiger partial charge is 0.340 e. The number of fused-ring (bicyclic) bond motifs is 1. The van der Waals surface area contributed by atoms with Gasteiger partial charge in [0.05, 0.1) is 27.6 Å². The van der Waals surface area contributed by atoms with Gasteiger partial charge in [-0.15, -0.1) is 0 Å². The van der Waals surface area contributed by atoms with Crippen molar-refractivity contribution < 1.29 is 19.1 Å². The summed E-state index contributed by atoms with van der Waals surface area (Å²) in [5.41, 5.74) is 0.778. The molecule has 140 valence electrons. The number of nitrogens with one attached hydrogen (secondary N) is 1. The standard InChI is InChI=1S/C18H15ClN2O5S/c1-7-10-4-12(19)13(23)6-14(10)26-17(25)11(7)5-15(24)21-18-20-8(2)16(27-18)9(3)22/h4,6,23H,5H2,1-3H3,(H,20,21,24). The summed E-state index contributed by atoms with van der Waals surface area (Å²) in [6, 6.07) is 2.74. The third-order valence-corrected chi connectivity index (χ3v) is 5.53. The van der Waals surface area contributed by atoms with E-state index in [0.29, 0.717) is 26.7 Å². The number of rotatable bonds is 4. The molecule has 0 radical (unpaired) electrons. The molecule has 0 aliphatic heterocycles. The fraction of sp³-hybridized carbons (Fsp3) is 0.222. The van der Waals surface area contributed by atoms with Crippen molar-refractivity contribution in [3.8, 4) is 5.75 Å². The van der Waals surface area contributed by atoms with Crippen LogP contribution in [0.3, 0.4) is 0 Å². The van der Waals surface area contributed by atoms with Gasteiger partial charge in [-0.25, -0.2) is 9.78 Å². The molecule has 3 aromatic rings. The van der Waals surface area contributed by atoms with E-state index in [0.717, 1.165) is 11.3 Å². The Morgan fingerprint density at radius 2 is 2.04 bits per heavy atom. The van der Waals surface area contributed by atoms with Gasteiger partial charge < -0.3 is 14.8 Å². The first-order chi connectivity index (χ1) is 12.7. The SMILES string of the molecule is CC(=O)c1sc(NC(=O)Cc2c(C)c3cc(Cl)c(O)cc3oc2=O)nc1C. The highest BCUT2D eigenvalue weighted by atomic mass is 35.5. The van der Waals surface area contributed by atoms with E-state index < -0.39 is 11.5 Å². The number of halogens is 1. The van der Waals surface area contributed by atoms with Crippen molar-refractivity contribution in [1.82, 2.24) is 4.98 Å². The number of aromatic nitrogens is 1. The minimum Gasteiger partial charge on any atom is -0.506 e. The lowest BCUT2D eigenvalue weighted by atomic mass is 10.0. The van der Waals surface area contributed by atoms with Gasteiger partial charge >= 0.3 is 5.63 Å². The molecule has 0 fully saturated rings. The number of hydrogen-bond acceptors (Lipinski definition) is 7. The average molecular weight is 407 g/mol. The number of nitrogens with zero attached hydrogens (tertiary/aromatic N) is 1. The molecule has 2 N–H and O–H groups in total. The summed E-state index contributed by atoms with van der Waals surface area (Å²) in [4.78, 5) is 40.7. The fourth-order valence-corrected chi connectivity index (χ4v) is 3.74. The molecule has 0 aliphatic rings. The maximum Gasteiger partial charge on any atom is 0.340 e. The van der Waals surface area contributed by atoms with Crippen LogP contribution in [0.25, 0.3) is 11.0 Å². The highest BCUT2D eigenvalue weighted by Gasteiger charge is 2.18. The Morgan fingerprint density at radius 3 is 2.67 bits per heavy atom. The van der Waals surface area contributed by atoms with Gasteiger partial charge in [0.15, 0.2) is 10.9 Å². The zero-order valence-corrected chi connectivity index (χ0v) is 16.2. The first-order valence-corrected chi connectivity index (χ1v) is 9.09. The highest BCUT2D eigenvalue weighted by Crippen LogP contribution is 2.31. The first kappa shape index (κ1) is 19.1. The molecule has 2 heterocycles. The van der Waals surface area contributed by atoms with Crippen LogP contribution in [0.2, 0.25) is 5.02 Å². The molecule has 0 spiro atoms. The van der Waals surface area contributed by atoms with Crippen LogP contribution in [-0.2, 0) is 11.2 Å². The topological polar surface area (TPSA) is 110 Å². The van der Waals surface area contributed by atoms with Crippen molar-refractivity contribution in [2.45, 2.75) is 27.2 Å². The number of benzene rings is 1.